The van der Waals surface area contributed by atoms with Gasteiger partial charge in [-0.15, -0.1) is 0 Å². The first-order chi connectivity index (χ1) is 25.0. The number of benzene rings is 8. The first kappa shape index (κ1) is 29.5. The summed E-state index contributed by atoms with van der Waals surface area (Å²) in [5, 5.41) is 4.67. The van der Waals surface area contributed by atoms with E-state index >= 15 is 0 Å². The van der Waals surface area contributed by atoms with Gasteiger partial charge in [0.15, 0.2) is 0 Å². The molecule has 8 aromatic carbocycles. The Kier molecular flexibility index (Phi) is 6.56. The minimum absolute atomic E-state index is 0.109. The van der Waals surface area contributed by atoms with Gasteiger partial charge in [-0.05, 0) is 98.4 Å². The zero-order valence-corrected chi connectivity index (χ0v) is 28.6. The summed E-state index contributed by atoms with van der Waals surface area (Å²) in [5.41, 5.74) is 15.2. The lowest BCUT2D eigenvalue weighted by atomic mass is 9.82. The van der Waals surface area contributed by atoms with E-state index in [0.29, 0.717) is 0 Å². The van der Waals surface area contributed by atoms with Crippen molar-refractivity contribution in [1.82, 2.24) is 0 Å². The van der Waals surface area contributed by atoms with Crippen LogP contribution in [0.5, 0.6) is 0 Å². The summed E-state index contributed by atoms with van der Waals surface area (Å²) in [7, 11) is 0. The zero-order valence-electron chi connectivity index (χ0n) is 28.6. The molecule has 51 heavy (non-hydrogen) atoms. The maximum atomic E-state index is 6.57. The average molecular weight is 654 g/mol. The Morgan fingerprint density at radius 1 is 0.412 bits per heavy atom. The lowest BCUT2D eigenvalue weighted by molar-refractivity contribution is 0.660. The largest absolute Gasteiger partial charge is 0.456 e. The van der Waals surface area contributed by atoms with Crippen molar-refractivity contribution >= 4 is 49.8 Å². The van der Waals surface area contributed by atoms with Gasteiger partial charge in [0.1, 0.15) is 11.2 Å². The van der Waals surface area contributed by atoms with Crippen LogP contribution in [0, 0.1) is 0 Å². The maximum absolute atomic E-state index is 6.57. The normalized spacial score (nSPS) is 13.1. The van der Waals surface area contributed by atoms with Crippen LogP contribution in [-0.4, -0.2) is 0 Å². The highest BCUT2D eigenvalue weighted by Gasteiger charge is 2.35. The Hall–Kier alpha value is -6.38. The van der Waals surface area contributed by atoms with Gasteiger partial charge >= 0.3 is 0 Å². The molecule has 2 nitrogen and oxygen atoms in total. The Bertz CT molecular complexity index is 2760. The highest BCUT2D eigenvalue weighted by molar-refractivity contribution is 6.23. The van der Waals surface area contributed by atoms with Gasteiger partial charge in [-0.25, -0.2) is 0 Å². The van der Waals surface area contributed by atoms with Crippen molar-refractivity contribution in [2.45, 2.75) is 19.3 Å². The summed E-state index contributed by atoms with van der Waals surface area (Å²) in [4.78, 5) is 2.40. The van der Waals surface area contributed by atoms with Crippen molar-refractivity contribution in [3.8, 4) is 33.4 Å². The van der Waals surface area contributed by atoms with Crippen LogP contribution in [0.15, 0.2) is 180 Å². The van der Waals surface area contributed by atoms with Crippen LogP contribution in [0.3, 0.4) is 0 Å². The summed E-state index contributed by atoms with van der Waals surface area (Å²) in [5.74, 6) is 0. The van der Waals surface area contributed by atoms with Gasteiger partial charge in [-0.1, -0.05) is 141 Å². The second-order valence-electron chi connectivity index (χ2n) is 14.1. The molecule has 1 aromatic heterocycles. The van der Waals surface area contributed by atoms with Crippen LogP contribution < -0.4 is 4.90 Å². The lowest BCUT2D eigenvalue weighted by Gasteiger charge is -2.28. The molecule has 0 amide bonds. The summed E-state index contributed by atoms with van der Waals surface area (Å²) in [6, 6.07) is 63.6. The molecule has 1 aliphatic rings. The molecule has 0 radical (unpaired) electrons. The molecule has 0 saturated carbocycles. The van der Waals surface area contributed by atoms with E-state index in [2.05, 4.69) is 195 Å². The number of furan rings is 1. The summed E-state index contributed by atoms with van der Waals surface area (Å²) in [6.45, 7) is 4.69. The standard InChI is InChI=1S/C49H35NO/c1-49(2)43-19-10-9-17-40(43)41-27-25-38(31-44(41)49)50(36-23-20-33(21-24-36)32-12-5-3-6-13-32)37-26-29-45-42(30-37)48-46(51-45)28-22-35-16-11-18-39(47(35)48)34-14-7-4-8-15-34/h3-31H,1-2H3. The SMILES string of the molecule is CC1(C)c2ccccc2-c2ccc(N(c3ccc(-c4ccccc4)cc3)c3ccc4oc5ccc6cccc(-c7ccccc7)c6c5c4c3)cc21. The van der Waals surface area contributed by atoms with Gasteiger partial charge < -0.3 is 9.32 Å². The van der Waals surface area contributed by atoms with Crippen molar-refractivity contribution in [3.63, 3.8) is 0 Å². The Morgan fingerprint density at radius 2 is 1.02 bits per heavy atom. The zero-order chi connectivity index (χ0) is 34.1. The number of hydrogen-bond acceptors (Lipinski definition) is 2. The summed E-state index contributed by atoms with van der Waals surface area (Å²) >= 11 is 0. The smallest absolute Gasteiger partial charge is 0.136 e. The molecule has 0 aliphatic heterocycles. The molecule has 0 spiro atoms. The molecular weight excluding hydrogens is 619 g/mol. The fourth-order valence-electron chi connectivity index (χ4n) is 8.34. The third kappa shape index (κ3) is 4.64. The van der Waals surface area contributed by atoms with E-state index < -0.39 is 0 Å². The van der Waals surface area contributed by atoms with Crippen LogP contribution in [0.4, 0.5) is 17.1 Å². The quantitative estimate of drug-likeness (QED) is 0.184. The Morgan fingerprint density at radius 3 is 1.82 bits per heavy atom. The van der Waals surface area contributed by atoms with Crippen LogP contribution in [0.1, 0.15) is 25.0 Å². The van der Waals surface area contributed by atoms with Crippen LogP contribution in [0.2, 0.25) is 0 Å². The van der Waals surface area contributed by atoms with Gasteiger partial charge in [0, 0.05) is 38.6 Å². The lowest BCUT2D eigenvalue weighted by Crippen LogP contribution is -2.16. The Labute approximate surface area is 297 Å². The van der Waals surface area contributed by atoms with Crippen molar-refractivity contribution in [2.24, 2.45) is 0 Å². The second-order valence-corrected chi connectivity index (χ2v) is 14.1. The number of anilines is 3. The van der Waals surface area contributed by atoms with E-state index in [1.165, 1.54) is 55.3 Å². The van der Waals surface area contributed by atoms with Gasteiger partial charge in [-0.2, -0.15) is 0 Å². The van der Waals surface area contributed by atoms with Crippen molar-refractivity contribution in [1.29, 1.82) is 0 Å². The predicted molar refractivity (Wildman–Crippen MR) is 214 cm³/mol. The fraction of sp³-hybridized carbons (Fsp3) is 0.0612. The van der Waals surface area contributed by atoms with Gasteiger partial charge in [0.2, 0.25) is 0 Å². The molecular formula is C49H35NO. The van der Waals surface area contributed by atoms with Gasteiger partial charge in [-0.3, -0.25) is 0 Å². The first-order valence-electron chi connectivity index (χ1n) is 17.7. The number of rotatable bonds is 5. The van der Waals surface area contributed by atoms with E-state index in [4.69, 9.17) is 4.42 Å². The number of nitrogens with zero attached hydrogens (tertiary/aromatic N) is 1. The highest BCUT2D eigenvalue weighted by atomic mass is 16.3. The monoisotopic (exact) mass is 653 g/mol. The molecule has 0 N–H and O–H groups in total. The summed E-state index contributed by atoms with van der Waals surface area (Å²) < 4.78 is 6.57. The first-order valence-corrected chi connectivity index (χ1v) is 17.7. The molecule has 2 heteroatoms. The maximum Gasteiger partial charge on any atom is 0.136 e. The van der Waals surface area contributed by atoms with E-state index in [9.17, 15) is 0 Å². The third-order valence-corrected chi connectivity index (χ3v) is 10.9. The van der Waals surface area contributed by atoms with Crippen LogP contribution >= 0.6 is 0 Å². The molecule has 0 saturated heterocycles. The molecule has 9 aromatic rings. The molecule has 0 fully saturated rings. The predicted octanol–water partition coefficient (Wildman–Crippen LogP) is 13.8. The number of fused-ring (bicyclic) bond motifs is 8. The molecule has 0 bridgehead atoms. The van der Waals surface area contributed by atoms with Gasteiger partial charge in [0.05, 0.1) is 0 Å². The van der Waals surface area contributed by atoms with E-state index in [1.54, 1.807) is 0 Å². The van der Waals surface area contributed by atoms with E-state index in [0.717, 1.165) is 39.0 Å². The molecule has 0 atom stereocenters. The van der Waals surface area contributed by atoms with E-state index in [1.807, 2.05) is 0 Å². The van der Waals surface area contributed by atoms with E-state index in [-0.39, 0.29) is 5.41 Å². The molecule has 242 valence electrons. The average Bonchev–Trinajstić information content (AvgIpc) is 3.67. The fourth-order valence-corrected chi connectivity index (χ4v) is 8.34. The third-order valence-electron chi connectivity index (χ3n) is 10.9. The molecule has 10 rings (SSSR count). The van der Waals surface area contributed by atoms with Crippen LogP contribution in [-0.2, 0) is 5.41 Å². The van der Waals surface area contributed by atoms with Crippen molar-refractivity contribution in [2.75, 3.05) is 4.90 Å². The van der Waals surface area contributed by atoms with Gasteiger partial charge in [0.25, 0.3) is 0 Å². The Balaban J connectivity index is 1.20. The number of hydrogen-bond donors (Lipinski definition) is 0. The van der Waals surface area contributed by atoms with Crippen LogP contribution in [0.25, 0.3) is 66.1 Å². The minimum Gasteiger partial charge on any atom is -0.456 e. The second kappa shape index (κ2) is 11.3. The minimum atomic E-state index is -0.109. The molecule has 0 unspecified atom stereocenters. The van der Waals surface area contributed by atoms with Crippen molar-refractivity contribution in [3.05, 3.63) is 187 Å². The topological polar surface area (TPSA) is 16.4 Å². The molecule has 1 aliphatic carbocycles. The van der Waals surface area contributed by atoms with Crippen molar-refractivity contribution < 1.29 is 4.42 Å². The highest BCUT2D eigenvalue weighted by Crippen LogP contribution is 2.51. The summed E-state index contributed by atoms with van der Waals surface area (Å²) in [6.07, 6.45) is 0. The molecule has 1 heterocycles.